The van der Waals surface area contributed by atoms with E-state index in [0.29, 0.717) is 22.0 Å². The van der Waals surface area contributed by atoms with Gasteiger partial charge in [0.15, 0.2) is 0 Å². The van der Waals surface area contributed by atoms with Crippen molar-refractivity contribution in [1.82, 2.24) is 4.98 Å². The Morgan fingerprint density at radius 3 is 2.32 bits per heavy atom. The molecule has 1 fully saturated rings. The molecule has 1 N–H and O–H groups in total. The first kappa shape index (κ1) is 14.6. The smallest absolute Gasteiger partial charge is 0.132 e. The highest BCUT2D eigenvalue weighted by molar-refractivity contribution is 6.30. The van der Waals surface area contributed by atoms with Crippen LogP contribution in [0.1, 0.15) is 52.5 Å². The van der Waals surface area contributed by atoms with Gasteiger partial charge in [-0.15, -0.1) is 0 Å². The van der Waals surface area contributed by atoms with E-state index in [1.54, 1.807) is 0 Å². The summed E-state index contributed by atoms with van der Waals surface area (Å²) in [6.07, 6.45) is 5.54. The van der Waals surface area contributed by atoms with E-state index >= 15 is 0 Å². The van der Waals surface area contributed by atoms with Crippen molar-refractivity contribution in [2.24, 2.45) is 10.8 Å². The summed E-state index contributed by atoms with van der Waals surface area (Å²) in [5, 5.41) is 4.23. The third-order valence-electron chi connectivity index (χ3n) is 3.94. The Kier molecular flexibility index (Phi) is 3.83. The Balaban J connectivity index is 2.11. The summed E-state index contributed by atoms with van der Waals surface area (Å²) in [5.41, 5.74) is 2.91. The SMILES string of the molecule is Cc1cc(NC2CC(C)(C)CC(C)(C)C2)cnc1Cl. The molecule has 0 spiro atoms. The number of rotatable bonds is 2. The number of hydrogen-bond acceptors (Lipinski definition) is 2. The van der Waals surface area contributed by atoms with Crippen LogP contribution in [-0.2, 0) is 0 Å². The van der Waals surface area contributed by atoms with Gasteiger partial charge in [-0.2, -0.15) is 0 Å². The van der Waals surface area contributed by atoms with Gasteiger partial charge >= 0.3 is 0 Å². The van der Waals surface area contributed by atoms with E-state index < -0.39 is 0 Å². The van der Waals surface area contributed by atoms with Crippen molar-refractivity contribution in [2.45, 2.75) is 59.9 Å². The maximum absolute atomic E-state index is 5.98. The molecule has 2 rings (SSSR count). The van der Waals surface area contributed by atoms with Gasteiger partial charge < -0.3 is 5.32 Å². The van der Waals surface area contributed by atoms with Crippen LogP contribution in [-0.4, -0.2) is 11.0 Å². The molecule has 1 aliphatic rings. The fraction of sp³-hybridized carbons (Fsp3) is 0.688. The number of nitrogens with one attached hydrogen (secondary N) is 1. The average Bonchev–Trinajstić information content (AvgIpc) is 2.18. The number of hydrogen-bond donors (Lipinski definition) is 1. The zero-order valence-corrected chi connectivity index (χ0v) is 13.4. The Morgan fingerprint density at radius 1 is 1.21 bits per heavy atom. The van der Waals surface area contributed by atoms with Crippen LogP contribution in [0.15, 0.2) is 12.3 Å². The summed E-state index contributed by atoms with van der Waals surface area (Å²) in [7, 11) is 0. The van der Waals surface area contributed by atoms with Gasteiger partial charge in [-0.05, 0) is 48.6 Å². The molecular weight excluding hydrogens is 256 g/mol. The second kappa shape index (κ2) is 4.97. The van der Waals surface area contributed by atoms with E-state index in [4.69, 9.17) is 11.6 Å². The van der Waals surface area contributed by atoms with E-state index in [-0.39, 0.29) is 0 Å². The lowest BCUT2D eigenvalue weighted by Gasteiger charge is -2.45. The molecule has 0 atom stereocenters. The van der Waals surface area contributed by atoms with Gasteiger partial charge in [0.1, 0.15) is 5.15 Å². The fourth-order valence-corrected chi connectivity index (χ4v) is 3.92. The predicted molar refractivity (Wildman–Crippen MR) is 82.8 cm³/mol. The van der Waals surface area contributed by atoms with Gasteiger partial charge in [0.05, 0.1) is 11.9 Å². The van der Waals surface area contributed by atoms with E-state index in [1.165, 1.54) is 19.3 Å². The van der Waals surface area contributed by atoms with Crippen LogP contribution >= 0.6 is 11.6 Å². The molecule has 2 nitrogen and oxygen atoms in total. The van der Waals surface area contributed by atoms with Crippen LogP contribution in [0.5, 0.6) is 0 Å². The minimum Gasteiger partial charge on any atom is -0.381 e. The van der Waals surface area contributed by atoms with E-state index in [2.05, 4.69) is 44.1 Å². The molecular formula is C16H25ClN2. The first-order chi connectivity index (χ1) is 8.67. The van der Waals surface area contributed by atoms with E-state index in [9.17, 15) is 0 Å². The molecule has 0 saturated heterocycles. The number of halogens is 1. The number of anilines is 1. The standard InChI is InChI=1S/C16H25ClN2/c1-11-6-12(9-18-14(11)17)19-13-7-15(2,3)10-16(4,5)8-13/h6,9,13,19H,7-8,10H2,1-5H3. The van der Waals surface area contributed by atoms with Crippen molar-refractivity contribution in [1.29, 1.82) is 0 Å². The van der Waals surface area contributed by atoms with Crippen LogP contribution in [0.25, 0.3) is 0 Å². The van der Waals surface area contributed by atoms with E-state index in [0.717, 1.165) is 11.3 Å². The minimum absolute atomic E-state index is 0.397. The number of nitrogens with zero attached hydrogens (tertiary/aromatic N) is 1. The molecule has 0 amide bonds. The Labute approximate surface area is 122 Å². The zero-order chi connectivity index (χ0) is 14.3. The van der Waals surface area contributed by atoms with Crippen molar-refractivity contribution in [3.8, 4) is 0 Å². The van der Waals surface area contributed by atoms with Crippen molar-refractivity contribution in [2.75, 3.05) is 5.32 Å². The molecule has 0 unspecified atom stereocenters. The normalized spacial score (nSPS) is 22.2. The molecule has 3 heteroatoms. The lowest BCUT2D eigenvalue weighted by atomic mass is 9.63. The molecule has 19 heavy (non-hydrogen) atoms. The molecule has 1 heterocycles. The second-order valence-corrected chi connectivity index (χ2v) is 7.94. The first-order valence-corrected chi connectivity index (χ1v) is 7.43. The summed E-state index contributed by atoms with van der Waals surface area (Å²) >= 11 is 5.98. The maximum Gasteiger partial charge on any atom is 0.132 e. The van der Waals surface area contributed by atoms with Crippen LogP contribution in [0, 0.1) is 17.8 Å². The monoisotopic (exact) mass is 280 g/mol. The molecule has 0 bridgehead atoms. The Hall–Kier alpha value is -0.760. The molecule has 0 aromatic carbocycles. The molecule has 106 valence electrons. The summed E-state index contributed by atoms with van der Waals surface area (Å²) in [6, 6.07) is 2.60. The van der Waals surface area contributed by atoms with Crippen LogP contribution in [0.2, 0.25) is 5.15 Å². The summed E-state index contributed by atoms with van der Waals surface area (Å²) in [5.74, 6) is 0. The number of aromatic nitrogens is 1. The van der Waals surface area contributed by atoms with Gasteiger partial charge in [0, 0.05) is 6.04 Å². The lowest BCUT2D eigenvalue weighted by Crippen LogP contribution is -2.40. The van der Waals surface area contributed by atoms with Crippen molar-refractivity contribution < 1.29 is 0 Å². The number of pyridine rings is 1. The highest BCUT2D eigenvalue weighted by atomic mass is 35.5. The molecule has 1 saturated carbocycles. The summed E-state index contributed by atoms with van der Waals surface area (Å²) in [6.45, 7) is 11.5. The second-order valence-electron chi connectivity index (χ2n) is 7.59. The molecule has 1 aromatic heterocycles. The summed E-state index contributed by atoms with van der Waals surface area (Å²) < 4.78 is 0. The average molecular weight is 281 g/mol. The first-order valence-electron chi connectivity index (χ1n) is 7.06. The van der Waals surface area contributed by atoms with Crippen molar-refractivity contribution in [3.63, 3.8) is 0 Å². The highest BCUT2D eigenvalue weighted by Crippen LogP contribution is 2.46. The zero-order valence-electron chi connectivity index (χ0n) is 12.7. The van der Waals surface area contributed by atoms with Crippen molar-refractivity contribution in [3.05, 3.63) is 23.0 Å². The van der Waals surface area contributed by atoms with E-state index in [1.807, 2.05) is 13.1 Å². The number of aryl methyl sites for hydroxylation is 1. The summed E-state index contributed by atoms with van der Waals surface area (Å²) in [4.78, 5) is 4.22. The van der Waals surface area contributed by atoms with Gasteiger partial charge in [-0.25, -0.2) is 4.98 Å². The fourth-order valence-electron chi connectivity index (χ4n) is 3.82. The highest BCUT2D eigenvalue weighted by Gasteiger charge is 2.38. The van der Waals surface area contributed by atoms with Crippen molar-refractivity contribution >= 4 is 17.3 Å². The van der Waals surface area contributed by atoms with Crippen LogP contribution < -0.4 is 5.32 Å². The Bertz CT molecular complexity index is 450. The van der Waals surface area contributed by atoms with Gasteiger partial charge in [0.2, 0.25) is 0 Å². The van der Waals surface area contributed by atoms with Gasteiger partial charge in [-0.1, -0.05) is 39.3 Å². The lowest BCUT2D eigenvalue weighted by molar-refractivity contribution is 0.105. The molecule has 0 aliphatic heterocycles. The van der Waals surface area contributed by atoms with Gasteiger partial charge in [-0.3, -0.25) is 0 Å². The topological polar surface area (TPSA) is 24.9 Å². The van der Waals surface area contributed by atoms with Gasteiger partial charge in [0.25, 0.3) is 0 Å². The third kappa shape index (κ3) is 3.85. The maximum atomic E-state index is 5.98. The molecule has 1 aromatic rings. The minimum atomic E-state index is 0.397. The van der Waals surface area contributed by atoms with Crippen LogP contribution in [0.3, 0.4) is 0 Å². The largest absolute Gasteiger partial charge is 0.381 e. The third-order valence-corrected chi connectivity index (χ3v) is 4.34. The predicted octanol–water partition coefficient (Wildman–Crippen LogP) is 5.06. The quantitative estimate of drug-likeness (QED) is 0.766. The molecule has 0 radical (unpaired) electrons. The van der Waals surface area contributed by atoms with Crippen LogP contribution in [0.4, 0.5) is 5.69 Å². The molecule has 1 aliphatic carbocycles. The Morgan fingerprint density at radius 2 is 1.79 bits per heavy atom.